The van der Waals surface area contributed by atoms with Gasteiger partial charge in [-0.05, 0) is 61.8 Å². The fourth-order valence-electron chi connectivity index (χ4n) is 4.39. The Morgan fingerprint density at radius 1 is 1.29 bits per heavy atom. The highest BCUT2D eigenvalue weighted by Gasteiger charge is 2.44. The lowest BCUT2D eigenvalue weighted by Gasteiger charge is -2.47. The lowest BCUT2D eigenvalue weighted by molar-refractivity contribution is 0.0575. The minimum Gasteiger partial charge on any atom is -0.609 e. The number of furan rings is 1. The van der Waals surface area contributed by atoms with Gasteiger partial charge < -0.3 is 18.7 Å². The van der Waals surface area contributed by atoms with Crippen LogP contribution in [0.5, 0.6) is 0 Å². The topological polar surface area (TPSA) is 91.3 Å². The van der Waals surface area contributed by atoms with Gasteiger partial charge in [0.25, 0.3) is 5.91 Å². The van der Waals surface area contributed by atoms with Crippen molar-refractivity contribution in [3.8, 4) is 0 Å². The summed E-state index contributed by atoms with van der Waals surface area (Å²) < 4.78 is 23.7. The van der Waals surface area contributed by atoms with E-state index in [2.05, 4.69) is 17.2 Å². The minimum atomic E-state index is -1.16. The number of hydrogen-bond acceptors (Lipinski definition) is 5. The zero-order valence-corrected chi connectivity index (χ0v) is 18.9. The number of carbonyl (C=O) groups excluding carboxylic acids is 1. The highest BCUT2D eigenvalue weighted by molar-refractivity contribution is 7.91. The number of amides is 1. The summed E-state index contributed by atoms with van der Waals surface area (Å²) in [6.07, 6.45) is 5.69. The highest BCUT2D eigenvalue weighted by Crippen LogP contribution is 2.47. The molecular formula is C23H25ClN2O4S. The zero-order valence-electron chi connectivity index (χ0n) is 17.4. The van der Waals surface area contributed by atoms with Gasteiger partial charge in [0.1, 0.15) is 11.3 Å². The maximum atomic E-state index is 12.6. The van der Waals surface area contributed by atoms with Gasteiger partial charge in [-0.15, -0.1) is 0 Å². The molecule has 0 unspecified atom stereocenters. The number of oxazole rings is 1. The molecule has 31 heavy (non-hydrogen) atoms. The van der Waals surface area contributed by atoms with E-state index in [0.29, 0.717) is 27.7 Å². The van der Waals surface area contributed by atoms with Crippen LogP contribution in [-0.4, -0.2) is 27.2 Å². The predicted molar refractivity (Wildman–Crippen MR) is 119 cm³/mol. The molecule has 2 aromatic heterocycles. The number of aromatic nitrogens is 1. The van der Waals surface area contributed by atoms with Gasteiger partial charge in [-0.3, -0.25) is 4.79 Å². The van der Waals surface area contributed by atoms with Crippen molar-refractivity contribution in [2.75, 3.05) is 5.75 Å². The smallest absolute Gasteiger partial charge is 0.311 e. The molecule has 0 bridgehead atoms. The Morgan fingerprint density at radius 2 is 2.10 bits per heavy atom. The number of nitrogens with one attached hydrogen (secondary N) is 1. The van der Waals surface area contributed by atoms with Crippen LogP contribution in [0, 0.1) is 11.3 Å². The fourth-order valence-corrected chi connectivity index (χ4v) is 5.89. The maximum Gasteiger partial charge on any atom is 0.311 e. The lowest BCUT2D eigenvalue weighted by Crippen LogP contribution is -2.51. The molecule has 2 heterocycles. The van der Waals surface area contributed by atoms with E-state index in [4.69, 9.17) is 20.4 Å². The Bertz CT molecular complexity index is 1100. The fraction of sp³-hybridized carbons (Fsp3) is 0.478. The molecule has 1 N–H and O–H groups in total. The molecule has 6 nitrogen and oxygen atoms in total. The third-order valence-electron chi connectivity index (χ3n) is 6.48. The van der Waals surface area contributed by atoms with Gasteiger partial charge in [0.05, 0.1) is 0 Å². The van der Waals surface area contributed by atoms with E-state index < -0.39 is 11.2 Å². The molecule has 8 heteroatoms. The first kappa shape index (κ1) is 20.9. The Balaban J connectivity index is 1.17. The van der Waals surface area contributed by atoms with Gasteiger partial charge in [0.15, 0.2) is 17.2 Å². The second kappa shape index (κ2) is 8.19. The molecule has 3 aromatic rings. The Hall–Kier alpha value is -1.96. The van der Waals surface area contributed by atoms with E-state index >= 15 is 0 Å². The van der Waals surface area contributed by atoms with Crippen molar-refractivity contribution in [2.45, 2.75) is 56.6 Å². The molecule has 1 atom stereocenters. The molecule has 2 aliphatic rings. The van der Waals surface area contributed by atoms with Crippen LogP contribution in [0.15, 0.2) is 44.3 Å². The van der Waals surface area contributed by atoms with Crippen molar-refractivity contribution >= 4 is 39.8 Å². The second-order valence-electron chi connectivity index (χ2n) is 8.90. The number of fused-ring (bicyclic) bond motifs is 1. The first-order chi connectivity index (χ1) is 14.9. The van der Waals surface area contributed by atoms with E-state index in [1.807, 2.05) is 12.1 Å². The van der Waals surface area contributed by atoms with Gasteiger partial charge >= 0.3 is 5.09 Å². The quantitative estimate of drug-likeness (QED) is 0.471. The summed E-state index contributed by atoms with van der Waals surface area (Å²) in [4.78, 5) is 17.2. The van der Waals surface area contributed by atoms with Crippen molar-refractivity contribution < 1.29 is 18.2 Å². The zero-order chi connectivity index (χ0) is 21.6. The molecule has 2 fully saturated rings. The van der Waals surface area contributed by atoms with Crippen LogP contribution in [0.25, 0.3) is 11.1 Å². The van der Waals surface area contributed by atoms with Gasteiger partial charge in [0, 0.05) is 40.6 Å². The molecule has 0 radical (unpaired) electrons. The van der Waals surface area contributed by atoms with Gasteiger partial charge in [-0.25, -0.2) is 4.98 Å². The van der Waals surface area contributed by atoms with Crippen LogP contribution < -0.4 is 5.32 Å². The molecule has 2 saturated carbocycles. The normalized spacial score (nSPS) is 24.2. The number of benzene rings is 1. The summed E-state index contributed by atoms with van der Waals surface area (Å²) in [5, 5.41) is 4.08. The van der Waals surface area contributed by atoms with E-state index in [9.17, 15) is 9.35 Å². The lowest BCUT2D eigenvalue weighted by atomic mass is 9.62. The summed E-state index contributed by atoms with van der Waals surface area (Å²) in [7, 11) is 0. The molecular weight excluding hydrogens is 436 g/mol. The summed E-state index contributed by atoms with van der Waals surface area (Å²) in [5.74, 6) is 1.85. The van der Waals surface area contributed by atoms with Gasteiger partial charge in [-0.1, -0.05) is 18.5 Å². The van der Waals surface area contributed by atoms with E-state index in [0.717, 1.165) is 49.6 Å². The van der Waals surface area contributed by atoms with Crippen molar-refractivity contribution in [3.63, 3.8) is 0 Å². The summed E-state index contributed by atoms with van der Waals surface area (Å²) in [5.41, 5.74) is 1.57. The molecule has 1 amide bonds. The Labute approximate surface area is 188 Å². The first-order valence-electron chi connectivity index (χ1n) is 10.8. The number of halogens is 1. The summed E-state index contributed by atoms with van der Waals surface area (Å²) >= 11 is 4.88. The summed E-state index contributed by atoms with van der Waals surface area (Å²) in [6.45, 7) is 2.16. The first-order valence-corrected chi connectivity index (χ1v) is 12.5. The number of nitrogens with zero attached hydrogens (tertiary/aromatic N) is 1. The third-order valence-corrected chi connectivity index (χ3v) is 8.16. The SMILES string of the molecule is CC[C@]1(Cc2nc3cc(Cl)ccc3o2)C[C@@H](NC(=O)c2ccc([S@+]([O-])CC3CC3)o2)C1. The molecule has 0 aliphatic heterocycles. The molecule has 1 aromatic carbocycles. The van der Waals surface area contributed by atoms with Crippen molar-refractivity contribution in [1.29, 1.82) is 0 Å². The highest BCUT2D eigenvalue weighted by atomic mass is 35.5. The minimum absolute atomic E-state index is 0.0582. The van der Waals surface area contributed by atoms with Crippen LogP contribution >= 0.6 is 11.6 Å². The Morgan fingerprint density at radius 3 is 2.84 bits per heavy atom. The average Bonchev–Trinajstić information content (AvgIpc) is 3.24. The van der Waals surface area contributed by atoms with Crippen LogP contribution in [0.1, 0.15) is 55.5 Å². The van der Waals surface area contributed by atoms with Crippen molar-refractivity contribution in [1.82, 2.24) is 10.3 Å². The number of rotatable bonds is 8. The molecule has 0 saturated heterocycles. The average molecular weight is 461 g/mol. The van der Waals surface area contributed by atoms with Crippen LogP contribution in [0.4, 0.5) is 0 Å². The summed E-state index contributed by atoms with van der Waals surface area (Å²) in [6, 6.07) is 8.80. The maximum absolute atomic E-state index is 12.6. The van der Waals surface area contributed by atoms with Crippen molar-refractivity contribution in [3.05, 3.63) is 47.0 Å². The largest absolute Gasteiger partial charge is 0.609 e. The Kier molecular flexibility index (Phi) is 5.52. The number of hydrogen-bond donors (Lipinski definition) is 1. The second-order valence-corrected chi connectivity index (χ2v) is 10.8. The van der Waals surface area contributed by atoms with Crippen molar-refractivity contribution in [2.24, 2.45) is 11.3 Å². The van der Waals surface area contributed by atoms with Crippen LogP contribution in [-0.2, 0) is 17.6 Å². The van der Waals surface area contributed by atoms with E-state index in [-0.39, 0.29) is 23.1 Å². The van der Waals surface area contributed by atoms with E-state index in [1.54, 1.807) is 18.2 Å². The molecule has 2 aliphatic carbocycles. The standard InChI is InChI=1S/C23H25ClN2O4S/c1-2-23(12-20-26-17-9-15(24)5-6-18(17)29-20)10-16(11-23)25-22(27)19-7-8-21(30-19)31(28)13-14-3-4-14/h5-9,14,16H,2-4,10-13H2,1H3,(H,25,27)/t16-,23+,31-/m1/s1. The third kappa shape index (κ3) is 4.49. The predicted octanol–water partition coefficient (Wildman–Crippen LogP) is 5.12. The van der Waals surface area contributed by atoms with E-state index in [1.165, 1.54) is 0 Å². The van der Waals surface area contributed by atoms with Gasteiger partial charge in [-0.2, -0.15) is 0 Å². The monoisotopic (exact) mass is 460 g/mol. The number of carbonyl (C=O) groups is 1. The van der Waals surface area contributed by atoms with Crippen LogP contribution in [0.2, 0.25) is 5.02 Å². The van der Waals surface area contributed by atoms with Crippen LogP contribution in [0.3, 0.4) is 0 Å². The molecule has 164 valence electrons. The molecule has 0 spiro atoms. The molecule has 5 rings (SSSR count). The van der Waals surface area contributed by atoms with Gasteiger partial charge in [0.2, 0.25) is 0 Å².